The molecule has 0 aliphatic carbocycles. The summed E-state index contributed by atoms with van der Waals surface area (Å²) in [6.45, 7) is 2.49. The molecule has 0 atom stereocenters. The van der Waals surface area contributed by atoms with Crippen molar-refractivity contribution in [2.45, 2.75) is 13.5 Å². The van der Waals surface area contributed by atoms with Crippen LogP contribution in [0.4, 0.5) is 5.13 Å². The molecule has 90 valence electrons. The highest BCUT2D eigenvalue weighted by molar-refractivity contribution is 7.13. The molecule has 0 unspecified atom stereocenters. The van der Waals surface area contributed by atoms with Gasteiger partial charge in [0, 0.05) is 23.5 Å². The van der Waals surface area contributed by atoms with Gasteiger partial charge in [0.15, 0.2) is 5.13 Å². The monoisotopic (exact) mass is 268 g/mol. The molecule has 0 bridgehead atoms. The van der Waals surface area contributed by atoms with E-state index in [2.05, 4.69) is 9.97 Å². The molecule has 5 nitrogen and oxygen atoms in total. The van der Waals surface area contributed by atoms with E-state index in [0.29, 0.717) is 17.4 Å². The van der Waals surface area contributed by atoms with Crippen LogP contribution >= 0.6 is 22.7 Å². The SMILES string of the molecule is Cc1ncc(CN(C)C(=O)c2csc(N)n2)s1. The van der Waals surface area contributed by atoms with E-state index < -0.39 is 0 Å². The molecule has 0 aromatic carbocycles. The van der Waals surface area contributed by atoms with Crippen molar-refractivity contribution in [2.24, 2.45) is 0 Å². The molecule has 7 heteroatoms. The summed E-state index contributed by atoms with van der Waals surface area (Å²) < 4.78 is 0. The van der Waals surface area contributed by atoms with Crippen molar-refractivity contribution in [1.29, 1.82) is 0 Å². The van der Waals surface area contributed by atoms with Crippen LogP contribution in [0.3, 0.4) is 0 Å². The number of nitrogens with zero attached hydrogens (tertiary/aromatic N) is 3. The van der Waals surface area contributed by atoms with Gasteiger partial charge in [0.2, 0.25) is 0 Å². The smallest absolute Gasteiger partial charge is 0.273 e. The maximum Gasteiger partial charge on any atom is 0.273 e. The number of amides is 1. The summed E-state index contributed by atoms with van der Waals surface area (Å²) in [5.41, 5.74) is 5.90. The lowest BCUT2D eigenvalue weighted by atomic mass is 10.4. The lowest BCUT2D eigenvalue weighted by Crippen LogP contribution is -2.26. The summed E-state index contributed by atoms with van der Waals surface area (Å²) in [5.74, 6) is -0.121. The van der Waals surface area contributed by atoms with Crippen LogP contribution in [0.25, 0.3) is 0 Å². The van der Waals surface area contributed by atoms with Crippen molar-refractivity contribution in [1.82, 2.24) is 14.9 Å². The molecule has 0 fully saturated rings. The molecule has 2 heterocycles. The van der Waals surface area contributed by atoms with Crippen molar-refractivity contribution in [2.75, 3.05) is 12.8 Å². The fourth-order valence-electron chi connectivity index (χ4n) is 1.37. The molecule has 17 heavy (non-hydrogen) atoms. The van der Waals surface area contributed by atoms with Gasteiger partial charge < -0.3 is 10.6 Å². The Morgan fingerprint density at radius 1 is 1.59 bits per heavy atom. The molecule has 1 amide bonds. The van der Waals surface area contributed by atoms with Gasteiger partial charge in [-0.15, -0.1) is 22.7 Å². The number of nitrogens with two attached hydrogens (primary N) is 1. The van der Waals surface area contributed by atoms with Crippen molar-refractivity contribution in [3.63, 3.8) is 0 Å². The summed E-state index contributed by atoms with van der Waals surface area (Å²) in [6.07, 6.45) is 1.79. The number of thiazole rings is 2. The zero-order chi connectivity index (χ0) is 12.4. The van der Waals surface area contributed by atoms with Crippen molar-refractivity contribution in [3.05, 3.63) is 27.2 Å². The molecule has 0 aliphatic rings. The van der Waals surface area contributed by atoms with Gasteiger partial charge in [-0.05, 0) is 6.92 Å². The van der Waals surface area contributed by atoms with E-state index in [4.69, 9.17) is 5.73 Å². The highest BCUT2D eigenvalue weighted by atomic mass is 32.1. The Hall–Kier alpha value is -1.47. The van der Waals surface area contributed by atoms with Gasteiger partial charge in [0.05, 0.1) is 11.6 Å². The average molecular weight is 268 g/mol. The van der Waals surface area contributed by atoms with Crippen LogP contribution in [0.2, 0.25) is 0 Å². The molecule has 0 saturated carbocycles. The highest BCUT2D eigenvalue weighted by Gasteiger charge is 2.15. The molecule has 0 saturated heterocycles. The molecule has 2 rings (SSSR count). The summed E-state index contributed by atoms with van der Waals surface area (Å²) in [7, 11) is 1.74. The lowest BCUT2D eigenvalue weighted by molar-refractivity contribution is 0.0781. The van der Waals surface area contributed by atoms with Gasteiger partial charge in [-0.2, -0.15) is 0 Å². The van der Waals surface area contributed by atoms with Crippen LogP contribution in [0.1, 0.15) is 20.4 Å². The number of carbonyl (C=O) groups excluding carboxylic acids is 1. The van der Waals surface area contributed by atoms with Crippen LogP contribution in [0.15, 0.2) is 11.6 Å². The van der Waals surface area contributed by atoms with E-state index in [1.54, 1.807) is 34.9 Å². The minimum Gasteiger partial charge on any atom is -0.375 e. The van der Waals surface area contributed by atoms with E-state index >= 15 is 0 Å². The molecule has 2 N–H and O–H groups in total. The summed E-state index contributed by atoms with van der Waals surface area (Å²) in [6, 6.07) is 0. The van der Waals surface area contributed by atoms with Gasteiger partial charge in [-0.25, -0.2) is 9.97 Å². The third-order valence-electron chi connectivity index (χ3n) is 2.15. The topological polar surface area (TPSA) is 72.1 Å². The first kappa shape index (κ1) is 12.0. The fraction of sp³-hybridized carbons (Fsp3) is 0.300. The van der Waals surface area contributed by atoms with E-state index in [1.807, 2.05) is 6.92 Å². The van der Waals surface area contributed by atoms with E-state index in [-0.39, 0.29) is 5.91 Å². The number of aryl methyl sites for hydroxylation is 1. The second-order valence-corrected chi connectivity index (χ2v) is 5.79. The minimum atomic E-state index is -0.121. The number of aromatic nitrogens is 2. The van der Waals surface area contributed by atoms with Gasteiger partial charge in [-0.3, -0.25) is 4.79 Å². The van der Waals surface area contributed by atoms with Gasteiger partial charge >= 0.3 is 0 Å². The van der Waals surface area contributed by atoms with Crippen LogP contribution in [0.5, 0.6) is 0 Å². The normalized spacial score (nSPS) is 10.5. The van der Waals surface area contributed by atoms with Crippen LogP contribution in [0, 0.1) is 6.92 Å². The molecular weight excluding hydrogens is 256 g/mol. The van der Waals surface area contributed by atoms with Crippen LogP contribution in [-0.2, 0) is 6.54 Å². The fourth-order valence-corrected chi connectivity index (χ4v) is 2.75. The van der Waals surface area contributed by atoms with Crippen molar-refractivity contribution < 1.29 is 4.79 Å². The Bertz CT molecular complexity index is 534. The van der Waals surface area contributed by atoms with E-state index in [9.17, 15) is 4.79 Å². The first-order valence-electron chi connectivity index (χ1n) is 4.94. The van der Waals surface area contributed by atoms with E-state index in [1.165, 1.54) is 11.3 Å². The highest BCUT2D eigenvalue weighted by Crippen LogP contribution is 2.16. The molecule has 0 radical (unpaired) electrons. The predicted octanol–water partition coefficient (Wildman–Crippen LogP) is 1.76. The number of rotatable bonds is 3. The molecule has 2 aromatic heterocycles. The average Bonchev–Trinajstić information content (AvgIpc) is 2.87. The van der Waals surface area contributed by atoms with Crippen LogP contribution in [-0.4, -0.2) is 27.8 Å². The molecule has 2 aromatic rings. The summed E-state index contributed by atoms with van der Waals surface area (Å²) in [4.78, 5) is 22.8. The first-order valence-corrected chi connectivity index (χ1v) is 6.63. The lowest BCUT2D eigenvalue weighted by Gasteiger charge is -2.14. The van der Waals surface area contributed by atoms with Gasteiger partial charge in [-0.1, -0.05) is 0 Å². The van der Waals surface area contributed by atoms with Crippen molar-refractivity contribution >= 4 is 33.7 Å². The predicted molar refractivity (Wildman–Crippen MR) is 69.2 cm³/mol. The van der Waals surface area contributed by atoms with Gasteiger partial charge in [0.1, 0.15) is 5.69 Å². The second kappa shape index (κ2) is 4.80. The second-order valence-electron chi connectivity index (χ2n) is 3.58. The van der Waals surface area contributed by atoms with E-state index in [0.717, 1.165) is 9.88 Å². The van der Waals surface area contributed by atoms with Crippen LogP contribution < -0.4 is 5.73 Å². The number of nitrogen functional groups attached to an aromatic ring is 1. The van der Waals surface area contributed by atoms with Gasteiger partial charge in [0.25, 0.3) is 5.91 Å². The quantitative estimate of drug-likeness (QED) is 0.920. The number of hydrogen-bond donors (Lipinski definition) is 1. The zero-order valence-electron chi connectivity index (χ0n) is 9.51. The Morgan fingerprint density at radius 2 is 2.35 bits per heavy atom. The Kier molecular flexibility index (Phi) is 3.39. The Morgan fingerprint density at radius 3 is 2.88 bits per heavy atom. The number of carbonyl (C=O) groups is 1. The number of anilines is 1. The largest absolute Gasteiger partial charge is 0.375 e. The third-order valence-corrected chi connectivity index (χ3v) is 3.72. The summed E-state index contributed by atoms with van der Waals surface area (Å²) >= 11 is 2.86. The third kappa shape index (κ3) is 2.80. The number of hydrogen-bond acceptors (Lipinski definition) is 6. The molecule has 0 aliphatic heterocycles. The Labute approximate surface area is 107 Å². The zero-order valence-corrected chi connectivity index (χ0v) is 11.1. The van der Waals surface area contributed by atoms with Crippen molar-refractivity contribution in [3.8, 4) is 0 Å². The molecule has 0 spiro atoms. The summed E-state index contributed by atoms with van der Waals surface area (Å²) in [5, 5.41) is 3.08. The Balaban J connectivity index is 2.05. The maximum atomic E-state index is 12.0. The standard InChI is InChI=1S/C10H12N4OS2/c1-6-12-3-7(17-6)4-14(2)9(15)8-5-16-10(11)13-8/h3,5H,4H2,1-2H3,(H2,11,13). The minimum absolute atomic E-state index is 0.121. The molecular formula is C10H12N4OS2. The first-order chi connectivity index (χ1) is 8.06. The maximum absolute atomic E-state index is 12.0.